The summed E-state index contributed by atoms with van der Waals surface area (Å²) in [6.07, 6.45) is 5.81. The molecule has 3 N–H and O–H groups in total. The van der Waals surface area contributed by atoms with Crippen LogP contribution in [0.25, 0.3) is 0 Å². The molecule has 98 valence electrons. The van der Waals surface area contributed by atoms with E-state index in [0.29, 0.717) is 18.6 Å². The number of amides is 1. The fraction of sp³-hybridized carbons (Fsp3) is 0.923. The van der Waals surface area contributed by atoms with Crippen molar-refractivity contribution in [3.8, 4) is 0 Å². The van der Waals surface area contributed by atoms with Gasteiger partial charge in [0.1, 0.15) is 0 Å². The minimum absolute atomic E-state index is 0.00681. The molecule has 2 aliphatic heterocycles. The standard InChI is InChI=1S/C13H25N3O/c1-2-10(9-14)13(17)15-11-6-8-16-7-4-3-5-12(11)16/h10-12H,2-9,14H2,1H3,(H,15,17). The summed E-state index contributed by atoms with van der Waals surface area (Å²) in [5.41, 5.74) is 5.62. The minimum atomic E-state index is -0.00681. The summed E-state index contributed by atoms with van der Waals surface area (Å²) in [4.78, 5) is 14.6. The van der Waals surface area contributed by atoms with E-state index in [1.54, 1.807) is 0 Å². The number of rotatable bonds is 4. The Morgan fingerprint density at radius 2 is 2.24 bits per heavy atom. The van der Waals surface area contributed by atoms with E-state index in [4.69, 9.17) is 5.73 Å². The number of carbonyl (C=O) groups is 1. The third-order valence-corrected chi connectivity index (χ3v) is 4.33. The zero-order chi connectivity index (χ0) is 12.3. The molecule has 3 atom stereocenters. The van der Waals surface area contributed by atoms with Crippen LogP contribution < -0.4 is 11.1 Å². The van der Waals surface area contributed by atoms with Gasteiger partial charge in [0, 0.05) is 31.1 Å². The van der Waals surface area contributed by atoms with Gasteiger partial charge in [-0.1, -0.05) is 13.3 Å². The maximum Gasteiger partial charge on any atom is 0.224 e. The third kappa shape index (κ3) is 2.80. The van der Waals surface area contributed by atoms with Gasteiger partial charge >= 0.3 is 0 Å². The highest BCUT2D eigenvalue weighted by atomic mass is 16.2. The van der Waals surface area contributed by atoms with Crippen molar-refractivity contribution in [2.24, 2.45) is 11.7 Å². The van der Waals surface area contributed by atoms with Crippen molar-refractivity contribution >= 4 is 5.91 Å². The molecule has 0 aromatic heterocycles. The van der Waals surface area contributed by atoms with E-state index in [-0.39, 0.29) is 11.8 Å². The molecular weight excluding hydrogens is 214 g/mol. The maximum absolute atomic E-state index is 12.0. The lowest BCUT2D eigenvalue weighted by Crippen LogP contribution is -2.49. The lowest BCUT2D eigenvalue weighted by Gasteiger charge is -2.33. The van der Waals surface area contributed by atoms with Gasteiger partial charge in [-0.25, -0.2) is 0 Å². The zero-order valence-corrected chi connectivity index (χ0v) is 10.8. The number of carbonyl (C=O) groups excluding carboxylic acids is 1. The first-order chi connectivity index (χ1) is 8.26. The van der Waals surface area contributed by atoms with Crippen LogP contribution in [0.3, 0.4) is 0 Å². The van der Waals surface area contributed by atoms with E-state index in [0.717, 1.165) is 19.4 Å². The van der Waals surface area contributed by atoms with E-state index in [1.165, 1.54) is 25.8 Å². The Morgan fingerprint density at radius 3 is 2.94 bits per heavy atom. The highest BCUT2D eigenvalue weighted by Crippen LogP contribution is 2.27. The van der Waals surface area contributed by atoms with Crippen molar-refractivity contribution in [3.63, 3.8) is 0 Å². The Balaban J connectivity index is 1.88. The van der Waals surface area contributed by atoms with Crippen LogP contribution in [0.5, 0.6) is 0 Å². The van der Waals surface area contributed by atoms with Gasteiger partial charge in [0.15, 0.2) is 0 Å². The van der Waals surface area contributed by atoms with E-state index in [9.17, 15) is 4.79 Å². The van der Waals surface area contributed by atoms with Crippen LogP contribution in [0.2, 0.25) is 0 Å². The van der Waals surface area contributed by atoms with E-state index < -0.39 is 0 Å². The van der Waals surface area contributed by atoms with Crippen LogP contribution in [0.15, 0.2) is 0 Å². The Morgan fingerprint density at radius 1 is 1.41 bits per heavy atom. The second kappa shape index (κ2) is 5.83. The Hall–Kier alpha value is -0.610. The molecule has 2 aliphatic rings. The minimum Gasteiger partial charge on any atom is -0.351 e. The molecule has 0 saturated carbocycles. The molecule has 2 fully saturated rings. The molecule has 4 nitrogen and oxygen atoms in total. The Kier molecular flexibility index (Phi) is 4.40. The average molecular weight is 239 g/mol. The number of nitrogens with two attached hydrogens (primary N) is 1. The number of nitrogens with zero attached hydrogens (tertiary/aromatic N) is 1. The van der Waals surface area contributed by atoms with Crippen LogP contribution in [0.4, 0.5) is 0 Å². The maximum atomic E-state index is 12.0. The lowest BCUT2D eigenvalue weighted by atomic mass is 9.98. The van der Waals surface area contributed by atoms with Crippen LogP contribution in [0, 0.1) is 5.92 Å². The first kappa shape index (κ1) is 12.8. The molecular formula is C13H25N3O. The number of piperidine rings is 1. The first-order valence-corrected chi connectivity index (χ1v) is 7.00. The summed E-state index contributed by atoms with van der Waals surface area (Å²) in [6.45, 7) is 4.85. The van der Waals surface area contributed by atoms with Crippen molar-refractivity contribution in [3.05, 3.63) is 0 Å². The lowest BCUT2D eigenvalue weighted by molar-refractivity contribution is -0.125. The second-order valence-corrected chi connectivity index (χ2v) is 5.34. The van der Waals surface area contributed by atoms with Gasteiger partial charge in [-0.05, 0) is 32.2 Å². The van der Waals surface area contributed by atoms with Crippen LogP contribution in [0.1, 0.15) is 39.0 Å². The fourth-order valence-electron chi connectivity index (χ4n) is 3.18. The quantitative estimate of drug-likeness (QED) is 0.760. The van der Waals surface area contributed by atoms with Gasteiger partial charge in [-0.15, -0.1) is 0 Å². The third-order valence-electron chi connectivity index (χ3n) is 4.33. The molecule has 2 rings (SSSR count). The molecule has 0 aromatic rings. The van der Waals surface area contributed by atoms with Crippen molar-refractivity contribution in [1.82, 2.24) is 10.2 Å². The van der Waals surface area contributed by atoms with Crippen LogP contribution in [-0.2, 0) is 4.79 Å². The van der Waals surface area contributed by atoms with Crippen LogP contribution >= 0.6 is 0 Å². The summed E-state index contributed by atoms with van der Waals surface area (Å²) in [7, 11) is 0. The van der Waals surface area contributed by atoms with Gasteiger partial charge in [0.25, 0.3) is 0 Å². The molecule has 4 heteroatoms. The molecule has 17 heavy (non-hydrogen) atoms. The van der Waals surface area contributed by atoms with Crippen molar-refractivity contribution < 1.29 is 4.79 Å². The number of nitrogens with one attached hydrogen (secondary N) is 1. The highest BCUT2D eigenvalue weighted by molar-refractivity contribution is 5.79. The molecule has 2 saturated heterocycles. The largest absolute Gasteiger partial charge is 0.351 e. The smallest absolute Gasteiger partial charge is 0.224 e. The summed E-state index contributed by atoms with van der Waals surface area (Å²) in [6, 6.07) is 0.950. The summed E-state index contributed by atoms with van der Waals surface area (Å²) in [5, 5.41) is 3.22. The molecule has 0 aliphatic carbocycles. The fourth-order valence-corrected chi connectivity index (χ4v) is 3.18. The molecule has 1 amide bonds. The SMILES string of the molecule is CCC(CN)C(=O)NC1CCN2CCCCC12. The predicted molar refractivity (Wildman–Crippen MR) is 68.6 cm³/mol. The van der Waals surface area contributed by atoms with Crippen molar-refractivity contribution in [1.29, 1.82) is 0 Å². The number of hydrogen-bond donors (Lipinski definition) is 2. The highest BCUT2D eigenvalue weighted by Gasteiger charge is 2.36. The summed E-state index contributed by atoms with van der Waals surface area (Å²) >= 11 is 0. The van der Waals surface area contributed by atoms with Crippen LogP contribution in [-0.4, -0.2) is 42.5 Å². The van der Waals surface area contributed by atoms with Crippen molar-refractivity contribution in [2.45, 2.75) is 51.1 Å². The monoisotopic (exact) mass is 239 g/mol. The van der Waals surface area contributed by atoms with E-state index in [2.05, 4.69) is 10.2 Å². The van der Waals surface area contributed by atoms with Crippen molar-refractivity contribution in [2.75, 3.05) is 19.6 Å². The molecule has 3 unspecified atom stereocenters. The van der Waals surface area contributed by atoms with Gasteiger partial charge in [-0.3, -0.25) is 9.69 Å². The summed E-state index contributed by atoms with van der Waals surface area (Å²) in [5.74, 6) is 0.153. The predicted octanol–water partition coefficient (Wildman–Crippen LogP) is 0.714. The molecule has 0 radical (unpaired) electrons. The Bertz CT molecular complexity index is 265. The molecule has 0 spiro atoms. The normalized spacial score (nSPS) is 30.9. The summed E-state index contributed by atoms with van der Waals surface area (Å²) < 4.78 is 0. The molecule has 0 bridgehead atoms. The van der Waals surface area contributed by atoms with Gasteiger partial charge in [-0.2, -0.15) is 0 Å². The Labute approximate surface area is 104 Å². The topological polar surface area (TPSA) is 58.4 Å². The zero-order valence-electron chi connectivity index (χ0n) is 10.8. The average Bonchev–Trinajstić information content (AvgIpc) is 2.74. The molecule has 0 aromatic carbocycles. The number of fused-ring (bicyclic) bond motifs is 1. The number of hydrogen-bond acceptors (Lipinski definition) is 3. The van der Waals surface area contributed by atoms with E-state index in [1.807, 2.05) is 6.92 Å². The van der Waals surface area contributed by atoms with E-state index >= 15 is 0 Å². The van der Waals surface area contributed by atoms with Gasteiger partial charge < -0.3 is 11.1 Å². The first-order valence-electron chi connectivity index (χ1n) is 7.00. The van der Waals surface area contributed by atoms with Gasteiger partial charge in [0.05, 0.1) is 0 Å². The molecule has 2 heterocycles. The van der Waals surface area contributed by atoms with Gasteiger partial charge in [0.2, 0.25) is 5.91 Å². The second-order valence-electron chi connectivity index (χ2n) is 5.34.